The van der Waals surface area contributed by atoms with Crippen molar-refractivity contribution in [2.24, 2.45) is 5.92 Å². The SMILES string of the molecule is O=C(C1=CCC(=S(=O)=O)C=C1[N+](=O)[O-])C1CCCCC1. The average Bonchev–Trinajstić information content (AvgIpc) is 2.46. The molecule has 1 fully saturated rings. The largest absolute Gasteiger partial charge is 0.294 e. The minimum absolute atomic E-state index is 0.0429. The third-order valence-electron chi connectivity index (χ3n) is 3.73. The predicted molar refractivity (Wildman–Crippen MR) is 73.3 cm³/mol. The van der Waals surface area contributed by atoms with Gasteiger partial charge < -0.3 is 0 Å². The Balaban J connectivity index is 2.31. The summed E-state index contributed by atoms with van der Waals surface area (Å²) in [4.78, 5) is 22.7. The first kappa shape index (κ1) is 14.6. The number of hydrogen-bond acceptors (Lipinski definition) is 5. The molecule has 7 heteroatoms. The quantitative estimate of drug-likeness (QED) is 0.448. The number of nitro groups is 1. The molecule has 2 aliphatic rings. The number of allylic oxidation sites excluding steroid dienone is 3. The average molecular weight is 297 g/mol. The van der Waals surface area contributed by atoms with Gasteiger partial charge >= 0.3 is 0 Å². The Bertz CT molecular complexity index is 628. The molecule has 108 valence electrons. The van der Waals surface area contributed by atoms with E-state index in [9.17, 15) is 23.3 Å². The summed E-state index contributed by atoms with van der Waals surface area (Å²) in [6, 6.07) is 0. The molecule has 0 atom stereocenters. The smallest absolute Gasteiger partial charge is 0.281 e. The highest BCUT2D eigenvalue weighted by Gasteiger charge is 2.33. The van der Waals surface area contributed by atoms with E-state index in [1.807, 2.05) is 0 Å². The van der Waals surface area contributed by atoms with Crippen LogP contribution < -0.4 is 0 Å². The highest BCUT2D eigenvalue weighted by atomic mass is 32.2. The van der Waals surface area contributed by atoms with Crippen molar-refractivity contribution in [3.8, 4) is 0 Å². The maximum Gasteiger partial charge on any atom is 0.281 e. The van der Waals surface area contributed by atoms with Gasteiger partial charge in [0, 0.05) is 18.4 Å². The van der Waals surface area contributed by atoms with Crippen molar-refractivity contribution >= 4 is 20.9 Å². The number of rotatable bonds is 3. The molecule has 0 aromatic carbocycles. The number of carbonyl (C=O) groups excluding carboxylic acids is 1. The first-order chi connectivity index (χ1) is 9.50. The summed E-state index contributed by atoms with van der Waals surface area (Å²) >= 11 is 0. The Morgan fingerprint density at radius 2 is 1.90 bits per heavy atom. The molecule has 0 bridgehead atoms. The lowest BCUT2D eigenvalue weighted by molar-refractivity contribution is -0.420. The van der Waals surface area contributed by atoms with Crippen molar-refractivity contribution in [3.05, 3.63) is 33.5 Å². The van der Waals surface area contributed by atoms with E-state index in [2.05, 4.69) is 0 Å². The molecule has 0 aromatic rings. The van der Waals surface area contributed by atoms with E-state index in [0.29, 0.717) is 0 Å². The van der Waals surface area contributed by atoms with Crippen molar-refractivity contribution in [1.29, 1.82) is 0 Å². The number of Topliss-reactive ketones (excluding diaryl/α,β-unsaturated/α-hetero) is 1. The molecule has 1 saturated carbocycles. The van der Waals surface area contributed by atoms with Gasteiger partial charge in [-0.25, -0.2) is 0 Å². The van der Waals surface area contributed by atoms with Crippen molar-refractivity contribution in [2.45, 2.75) is 38.5 Å². The summed E-state index contributed by atoms with van der Waals surface area (Å²) in [6.07, 6.45) is 6.94. The standard InChI is InChI=1S/C13H15NO5S/c15-13(9-4-2-1-3-5-9)11-7-6-10(20(18)19)8-12(11)14(16)17/h7-9H,1-6H2. The molecule has 0 aliphatic heterocycles. The second-order valence-corrected chi connectivity index (χ2v) is 6.00. The van der Waals surface area contributed by atoms with Crippen LogP contribution in [0.4, 0.5) is 0 Å². The van der Waals surface area contributed by atoms with Crippen LogP contribution in [0.3, 0.4) is 0 Å². The van der Waals surface area contributed by atoms with Crippen molar-refractivity contribution < 1.29 is 18.1 Å². The van der Waals surface area contributed by atoms with Gasteiger partial charge in [-0.15, -0.1) is 0 Å². The molecule has 0 unspecified atom stereocenters. The Morgan fingerprint density at radius 1 is 1.25 bits per heavy atom. The van der Waals surface area contributed by atoms with Crippen molar-refractivity contribution in [3.63, 3.8) is 0 Å². The minimum atomic E-state index is -2.49. The molecule has 0 amide bonds. The van der Waals surface area contributed by atoms with Crippen LogP contribution >= 0.6 is 0 Å². The predicted octanol–water partition coefficient (Wildman–Crippen LogP) is 1.68. The fraction of sp³-hybridized carbons (Fsp3) is 0.538. The molecule has 0 N–H and O–H groups in total. The Hall–Kier alpha value is -1.76. The Kier molecular flexibility index (Phi) is 4.49. The summed E-state index contributed by atoms with van der Waals surface area (Å²) < 4.78 is 21.8. The van der Waals surface area contributed by atoms with E-state index in [0.717, 1.165) is 38.2 Å². The second kappa shape index (κ2) is 6.13. The van der Waals surface area contributed by atoms with Gasteiger partial charge in [-0.3, -0.25) is 14.9 Å². The van der Waals surface area contributed by atoms with Crippen LogP contribution in [-0.4, -0.2) is 24.0 Å². The van der Waals surface area contributed by atoms with Crippen LogP contribution in [0.25, 0.3) is 0 Å². The first-order valence-electron chi connectivity index (χ1n) is 6.56. The lowest BCUT2D eigenvalue weighted by Gasteiger charge is -2.21. The van der Waals surface area contributed by atoms with Crippen LogP contribution in [0.1, 0.15) is 38.5 Å². The molecule has 2 aliphatic carbocycles. The lowest BCUT2D eigenvalue weighted by Crippen LogP contribution is -2.24. The van der Waals surface area contributed by atoms with E-state index in [4.69, 9.17) is 0 Å². The third kappa shape index (κ3) is 3.04. The van der Waals surface area contributed by atoms with E-state index >= 15 is 0 Å². The molecule has 20 heavy (non-hydrogen) atoms. The zero-order valence-electron chi connectivity index (χ0n) is 10.9. The Labute approximate surface area is 117 Å². The number of ketones is 1. The van der Waals surface area contributed by atoms with Gasteiger partial charge in [-0.05, 0) is 12.8 Å². The lowest BCUT2D eigenvalue weighted by atomic mass is 9.82. The van der Waals surface area contributed by atoms with Crippen molar-refractivity contribution in [2.75, 3.05) is 0 Å². The molecular formula is C13H15NO5S. The fourth-order valence-corrected chi connectivity index (χ4v) is 3.10. The summed E-state index contributed by atoms with van der Waals surface area (Å²) in [6.45, 7) is 0. The van der Waals surface area contributed by atoms with Crippen LogP contribution in [0.2, 0.25) is 0 Å². The third-order valence-corrected chi connectivity index (χ3v) is 4.45. The van der Waals surface area contributed by atoms with Gasteiger partial charge in [0.05, 0.1) is 15.4 Å². The first-order valence-corrected chi connectivity index (χ1v) is 7.64. The maximum absolute atomic E-state index is 12.4. The van der Waals surface area contributed by atoms with Crippen molar-refractivity contribution in [1.82, 2.24) is 0 Å². The zero-order valence-corrected chi connectivity index (χ0v) is 11.7. The normalized spacial score (nSPS) is 20.1. The van der Waals surface area contributed by atoms with E-state index in [1.165, 1.54) is 6.08 Å². The highest BCUT2D eigenvalue weighted by Crippen LogP contribution is 2.30. The molecule has 0 saturated heterocycles. The van der Waals surface area contributed by atoms with Crippen LogP contribution in [0, 0.1) is 16.0 Å². The molecule has 0 spiro atoms. The zero-order chi connectivity index (χ0) is 14.7. The van der Waals surface area contributed by atoms with Crippen LogP contribution in [0.5, 0.6) is 0 Å². The molecule has 0 aromatic heterocycles. The van der Waals surface area contributed by atoms with Crippen LogP contribution in [-0.2, 0) is 15.1 Å². The summed E-state index contributed by atoms with van der Waals surface area (Å²) in [7, 11) is -2.49. The Morgan fingerprint density at radius 3 is 2.45 bits per heavy atom. The topological polar surface area (TPSA) is 94.3 Å². The van der Waals surface area contributed by atoms with Crippen LogP contribution in [0.15, 0.2) is 23.4 Å². The summed E-state index contributed by atoms with van der Waals surface area (Å²) in [5, 5.41) is 11.1. The highest BCUT2D eigenvalue weighted by molar-refractivity contribution is 7.73. The van der Waals surface area contributed by atoms with Gasteiger partial charge in [-0.2, -0.15) is 8.42 Å². The maximum atomic E-state index is 12.4. The molecule has 2 rings (SSSR count). The fourth-order valence-electron chi connectivity index (χ4n) is 2.68. The van der Waals surface area contributed by atoms with E-state index in [1.54, 1.807) is 0 Å². The molecular weight excluding hydrogens is 282 g/mol. The molecule has 6 nitrogen and oxygen atoms in total. The monoisotopic (exact) mass is 297 g/mol. The van der Waals surface area contributed by atoms with Gasteiger partial charge in [0.15, 0.2) is 5.78 Å². The second-order valence-electron chi connectivity index (χ2n) is 5.01. The minimum Gasteiger partial charge on any atom is -0.294 e. The van der Waals surface area contributed by atoms with Gasteiger partial charge in [0.25, 0.3) is 5.70 Å². The van der Waals surface area contributed by atoms with E-state index < -0.39 is 20.9 Å². The molecule has 0 heterocycles. The number of nitrogens with zero attached hydrogens (tertiary/aromatic N) is 1. The van der Waals surface area contributed by atoms with E-state index in [-0.39, 0.29) is 28.6 Å². The van der Waals surface area contributed by atoms with Gasteiger partial charge in [0.2, 0.25) is 10.3 Å². The summed E-state index contributed by atoms with van der Waals surface area (Å²) in [5.74, 6) is -0.388. The van der Waals surface area contributed by atoms with Gasteiger partial charge in [0.1, 0.15) is 0 Å². The summed E-state index contributed by atoms with van der Waals surface area (Å²) in [5.41, 5.74) is -0.331. The number of carbonyl (C=O) groups is 1. The molecule has 0 radical (unpaired) electrons. The van der Waals surface area contributed by atoms with Gasteiger partial charge in [-0.1, -0.05) is 25.3 Å². The number of hydrogen-bond donors (Lipinski definition) is 0.